The van der Waals surface area contributed by atoms with Crippen molar-refractivity contribution < 1.29 is 9.59 Å². The highest BCUT2D eigenvalue weighted by molar-refractivity contribution is 6.06. The zero-order valence-corrected chi connectivity index (χ0v) is 11.3. The molecule has 0 aliphatic carbocycles. The van der Waals surface area contributed by atoms with Gasteiger partial charge in [-0.3, -0.25) is 14.5 Å². The number of nitrogens with zero attached hydrogens (tertiary/aromatic N) is 1. The molecule has 1 aliphatic rings. The van der Waals surface area contributed by atoms with Crippen LogP contribution in [0.15, 0.2) is 43.0 Å². The van der Waals surface area contributed by atoms with Gasteiger partial charge in [-0.25, -0.2) is 0 Å². The van der Waals surface area contributed by atoms with Gasteiger partial charge in [-0.2, -0.15) is 0 Å². The molecule has 1 aromatic carbocycles. The maximum Gasteiger partial charge on any atom is 0.260 e. The van der Waals surface area contributed by atoms with E-state index in [0.717, 1.165) is 12.8 Å². The lowest BCUT2D eigenvalue weighted by molar-refractivity contribution is -0.141. The number of rotatable bonds is 3. The topological polar surface area (TPSA) is 37.4 Å². The van der Waals surface area contributed by atoms with Crippen molar-refractivity contribution in [3.8, 4) is 0 Å². The second-order valence-corrected chi connectivity index (χ2v) is 5.28. The molecule has 19 heavy (non-hydrogen) atoms. The van der Waals surface area contributed by atoms with Crippen molar-refractivity contribution in [1.29, 1.82) is 0 Å². The van der Waals surface area contributed by atoms with Gasteiger partial charge in [0.15, 0.2) is 0 Å². The number of likely N-dealkylation sites (tertiary alicyclic amines) is 1. The molecule has 1 fully saturated rings. The van der Waals surface area contributed by atoms with Crippen LogP contribution in [0.5, 0.6) is 0 Å². The van der Waals surface area contributed by atoms with Crippen molar-refractivity contribution in [2.75, 3.05) is 6.54 Å². The van der Waals surface area contributed by atoms with Gasteiger partial charge in [0.05, 0.1) is 5.41 Å². The summed E-state index contributed by atoms with van der Waals surface area (Å²) in [6.07, 6.45) is 4.05. The van der Waals surface area contributed by atoms with E-state index in [4.69, 9.17) is 0 Å². The number of amides is 2. The fraction of sp³-hybridized carbons (Fsp3) is 0.375. The Kier molecular flexibility index (Phi) is 3.84. The predicted octanol–water partition coefficient (Wildman–Crippen LogP) is 3.03. The van der Waals surface area contributed by atoms with Crippen molar-refractivity contribution >= 4 is 11.8 Å². The van der Waals surface area contributed by atoms with Crippen LogP contribution in [0.1, 0.15) is 36.5 Å². The Morgan fingerprint density at radius 3 is 2.74 bits per heavy atom. The maximum absolute atomic E-state index is 12.5. The molecule has 1 heterocycles. The predicted molar refractivity (Wildman–Crippen MR) is 74.6 cm³/mol. The summed E-state index contributed by atoms with van der Waals surface area (Å²) >= 11 is 0. The number of hydrogen-bond donors (Lipinski definition) is 0. The van der Waals surface area contributed by atoms with E-state index in [1.54, 1.807) is 18.2 Å². The summed E-state index contributed by atoms with van der Waals surface area (Å²) in [5, 5.41) is 0. The highest BCUT2D eigenvalue weighted by Gasteiger charge is 2.41. The molecule has 0 spiro atoms. The van der Waals surface area contributed by atoms with E-state index in [9.17, 15) is 9.59 Å². The molecule has 0 bridgehead atoms. The molecule has 1 aliphatic heterocycles. The number of carbonyl (C=O) groups is 2. The second-order valence-electron chi connectivity index (χ2n) is 5.28. The Hall–Kier alpha value is -1.90. The average Bonchev–Trinajstić information content (AvgIpc) is 2.43. The lowest BCUT2D eigenvalue weighted by Crippen LogP contribution is -2.49. The molecule has 0 N–H and O–H groups in total. The highest BCUT2D eigenvalue weighted by Crippen LogP contribution is 2.35. The van der Waals surface area contributed by atoms with E-state index in [1.165, 1.54) is 4.90 Å². The van der Waals surface area contributed by atoms with E-state index >= 15 is 0 Å². The van der Waals surface area contributed by atoms with E-state index in [-0.39, 0.29) is 11.8 Å². The first kappa shape index (κ1) is 13.5. The zero-order chi connectivity index (χ0) is 13.9. The molecule has 1 aromatic rings. The van der Waals surface area contributed by atoms with Gasteiger partial charge in [0, 0.05) is 12.1 Å². The Labute approximate surface area is 113 Å². The fourth-order valence-corrected chi connectivity index (χ4v) is 2.60. The molecule has 3 heteroatoms. The third kappa shape index (κ3) is 2.60. The minimum atomic E-state index is -0.482. The van der Waals surface area contributed by atoms with Crippen LogP contribution in [0.25, 0.3) is 0 Å². The minimum Gasteiger partial charge on any atom is -0.278 e. The van der Waals surface area contributed by atoms with Crippen LogP contribution in [0.3, 0.4) is 0 Å². The van der Waals surface area contributed by atoms with Gasteiger partial charge in [-0.05, 0) is 31.4 Å². The van der Waals surface area contributed by atoms with E-state index in [1.807, 2.05) is 25.1 Å². The van der Waals surface area contributed by atoms with Gasteiger partial charge in [0.25, 0.3) is 5.91 Å². The zero-order valence-electron chi connectivity index (χ0n) is 11.3. The Bertz CT molecular complexity index is 495. The molecule has 1 saturated heterocycles. The first-order chi connectivity index (χ1) is 9.08. The number of hydrogen-bond acceptors (Lipinski definition) is 2. The quantitative estimate of drug-likeness (QED) is 0.616. The van der Waals surface area contributed by atoms with Crippen LogP contribution in [0, 0.1) is 5.41 Å². The van der Waals surface area contributed by atoms with Crippen LogP contribution in [-0.2, 0) is 4.79 Å². The first-order valence-corrected chi connectivity index (χ1v) is 6.61. The number of imide groups is 1. The number of carbonyl (C=O) groups excluding carboxylic acids is 2. The maximum atomic E-state index is 12.5. The summed E-state index contributed by atoms with van der Waals surface area (Å²) < 4.78 is 0. The summed E-state index contributed by atoms with van der Waals surface area (Å²) in [6, 6.07) is 8.97. The lowest BCUT2D eigenvalue weighted by atomic mass is 9.78. The van der Waals surface area contributed by atoms with Gasteiger partial charge in [0.2, 0.25) is 5.91 Å². The second kappa shape index (κ2) is 5.39. The summed E-state index contributed by atoms with van der Waals surface area (Å²) in [5.74, 6) is -0.270. The van der Waals surface area contributed by atoms with Crippen molar-refractivity contribution in [2.45, 2.75) is 26.2 Å². The van der Waals surface area contributed by atoms with Gasteiger partial charge >= 0.3 is 0 Å². The SMILES string of the molecule is C=CC[C@@]1(C)CCCN(C(=O)c2ccccc2)C1=O. The molecule has 2 amide bonds. The van der Waals surface area contributed by atoms with Crippen molar-refractivity contribution in [3.05, 3.63) is 48.6 Å². The normalized spacial score (nSPS) is 23.2. The van der Waals surface area contributed by atoms with Crippen LogP contribution < -0.4 is 0 Å². The molecule has 100 valence electrons. The number of piperidine rings is 1. The number of benzene rings is 1. The van der Waals surface area contributed by atoms with E-state index < -0.39 is 5.41 Å². The van der Waals surface area contributed by atoms with Crippen LogP contribution in [0.4, 0.5) is 0 Å². The van der Waals surface area contributed by atoms with E-state index in [2.05, 4.69) is 6.58 Å². The molecule has 0 radical (unpaired) electrons. The third-order valence-electron chi connectivity index (χ3n) is 3.73. The fourth-order valence-electron chi connectivity index (χ4n) is 2.60. The molecular weight excluding hydrogens is 238 g/mol. The summed E-state index contributed by atoms with van der Waals surface area (Å²) in [5.41, 5.74) is 0.0865. The van der Waals surface area contributed by atoms with Crippen molar-refractivity contribution in [3.63, 3.8) is 0 Å². The smallest absolute Gasteiger partial charge is 0.260 e. The van der Waals surface area contributed by atoms with Gasteiger partial charge in [-0.15, -0.1) is 6.58 Å². The Morgan fingerprint density at radius 1 is 1.42 bits per heavy atom. The average molecular weight is 257 g/mol. The van der Waals surface area contributed by atoms with Gasteiger partial charge < -0.3 is 0 Å². The third-order valence-corrected chi connectivity index (χ3v) is 3.73. The minimum absolute atomic E-state index is 0.0764. The number of allylic oxidation sites excluding steroid dienone is 1. The molecule has 0 aromatic heterocycles. The van der Waals surface area contributed by atoms with E-state index in [0.29, 0.717) is 18.5 Å². The highest BCUT2D eigenvalue weighted by atomic mass is 16.2. The summed E-state index contributed by atoms with van der Waals surface area (Å²) in [4.78, 5) is 26.3. The van der Waals surface area contributed by atoms with Crippen LogP contribution in [0.2, 0.25) is 0 Å². The monoisotopic (exact) mass is 257 g/mol. The van der Waals surface area contributed by atoms with Gasteiger partial charge in [-0.1, -0.05) is 31.2 Å². The Balaban J connectivity index is 2.23. The first-order valence-electron chi connectivity index (χ1n) is 6.61. The largest absolute Gasteiger partial charge is 0.278 e. The lowest BCUT2D eigenvalue weighted by Gasteiger charge is -2.37. The molecule has 0 unspecified atom stereocenters. The molecule has 3 nitrogen and oxygen atoms in total. The molecule has 2 rings (SSSR count). The van der Waals surface area contributed by atoms with Gasteiger partial charge in [0.1, 0.15) is 0 Å². The Morgan fingerprint density at radius 2 is 2.11 bits per heavy atom. The molecule has 0 saturated carbocycles. The molecule has 1 atom stereocenters. The summed E-state index contributed by atoms with van der Waals surface area (Å²) in [7, 11) is 0. The summed E-state index contributed by atoms with van der Waals surface area (Å²) in [6.45, 7) is 6.14. The standard InChI is InChI=1S/C16H19NO2/c1-3-10-16(2)11-7-12-17(15(16)19)14(18)13-8-5-4-6-9-13/h3-6,8-9H,1,7,10-12H2,2H3/t16-/m0/s1. The van der Waals surface area contributed by atoms with Crippen LogP contribution in [-0.4, -0.2) is 23.3 Å². The van der Waals surface area contributed by atoms with Crippen molar-refractivity contribution in [2.24, 2.45) is 5.41 Å². The van der Waals surface area contributed by atoms with Crippen molar-refractivity contribution in [1.82, 2.24) is 4.90 Å². The van der Waals surface area contributed by atoms with Crippen LogP contribution >= 0.6 is 0 Å². The molecular formula is C16H19NO2.